The van der Waals surface area contributed by atoms with Gasteiger partial charge in [-0.1, -0.05) is 54.1 Å². The van der Waals surface area contributed by atoms with Gasteiger partial charge in [-0.25, -0.2) is 12.8 Å². The minimum absolute atomic E-state index is 0.0229. The smallest absolute Gasteiger partial charge is 0.426 e. The van der Waals surface area contributed by atoms with Crippen LogP contribution >= 0.6 is 0 Å². The summed E-state index contributed by atoms with van der Waals surface area (Å²) in [5.74, 6) is 0. The zero-order valence-corrected chi connectivity index (χ0v) is 18.6. The zero-order valence-electron chi connectivity index (χ0n) is 17.0. The fourth-order valence-electron chi connectivity index (χ4n) is 2.51. The molecule has 0 fully saturated rings. The van der Waals surface area contributed by atoms with Crippen molar-refractivity contribution in [1.82, 2.24) is 0 Å². The highest BCUT2D eigenvalue weighted by molar-refractivity contribution is 7.97. The molecule has 0 aromatic heterocycles. The normalized spacial score (nSPS) is 13.2. The molecule has 0 radical (unpaired) electrons. The highest BCUT2D eigenvalue weighted by atomic mass is 32.2. The molecule has 3 aromatic carbocycles. The third-order valence-corrected chi connectivity index (χ3v) is 7.23. The molecule has 0 aliphatic carbocycles. The monoisotopic (exact) mass is 508 g/mol. The third kappa shape index (κ3) is 6.99. The molecular weight excluding hydrogens is 490 g/mol. The van der Waals surface area contributed by atoms with Crippen LogP contribution in [0.4, 0.5) is 26.3 Å². The van der Waals surface area contributed by atoms with Crippen molar-refractivity contribution in [1.29, 1.82) is 0 Å². The molecule has 3 aromatic rings. The fraction of sp³-hybridized carbons (Fsp3) is 0.182. The molecular formula is C22H18F6O3S2. The van der Waals surface area contributed by atoms with Crippen LogP contribution in [0.1, 0.15) is 5.56 Å². The minimum Gasteiger partial charge on any atom is -0.743 e. The Bertz CT molecular complexity index is 1080. The topological polar surface area (TPSA) is 57.2 Å². The Kier molecular flexibility index (Phi) is 8.61. The van der Waals surface area contributed by atoms with Gasteiger partial charge in [0.15, 0.2) is 24.8 Å². The van der Waals surface area contributed by atoms with Crippen molar-refractivity contribution in [2.75, 3.05) is 0 Å². The number of halogens is 6. The van der Waals surface area contributed by atoms with Crippen LogP contribution in [0.15, 0.2) is 99.6 Å². The van der Waals surface area contributed by atoms with Crippen LogP contribution in [-0.4, -0.2) is 30.6 Å². The second kappa shape index (κ2) is 10.6. The van der Waals surface area contributed by atoms with Crippen LogP contribution in [0.3, 0.4) is 0 Å². The Morgan fingerprint density at radius 1 is 0.727 bits per heavy atom. The Morgan fingerprint density at radius 2 is 1.09 bits per heavy atom. The van der Waals surface area contributed by atoms with E-state index in [1.54, 1.807) is 0 Å². The van der Waals surface area contributed by atoms with Gasteiger partial charge in [0.1, 0.15) is 0 Å². The van der Waals surface area contributed by atoms with Gasteiger partial charge in [0.05, 0.1) is 10.9 Å². The van der Waals surface area contributed by atoms with Crippen molar-refractivity contribution >= 4 is 21.0 Å². The van der Waals surface area contributed by atoms with Crippen LogP contribution in [-0.2, 0) is 21.0 Å². The second-order valence-corrected chi connectivity index (χ2v) is 10.1. The van der Waals surface area contributed by atoms with E-state index < -0.39 is 27.7 Å². The summed E-state index contributed by atoms with van der Waals surface area (Å²) >= 11 is 0. The first-order valence-corrected chi connectivity index (χ1v) is 11.8. The summed E-state index contributed by atoms with van der Waals surface area (Å²) in [5, 5.41) is -5.99. The summed E-state index contributed by atoms with van der Waals surface area (Å²) in [6.45, 7) is 2.13. The molecule has 0 amide bonds. The first-order chi connectivity index (χ1) is 15.2. The van der Waals surface area contributed by atoms with Crippen molar-refractivity contribution in [2.24, 2.45) is 0 Å². The molecule has 178 valence electrons. The van der Waals surface area contributed by atoms with E-state index in [1.807, 2.05) is 0 Å². The summed E-state index contributed by atoms with van der Waals surface area (Å²) < 4.78 is 97.5. The Morgan fingerprint density at radius 3 is 1.39 bits per heavy atom. The van der Waals surface area contributed by atoms with E-state index in [-0.39, 0.29) is 10.9 Å². The molecule has 0 bridgehead atoms. The molecule has 3 nitrogen and oxygen atoms in total. The number of benzene rings is 3. The standard InChI is InChI=1S/C19H17S.C3H2F6O3S/c1-16-12-14-19(15-13-16)20(17-8-4-2-5-9-17)18-10-6-3-7-11-18;4-1(2(5,6)7)3(8,9)13(10,11)12/h2-15H,1H3;1H,(H,10,11,12)/q+1;/p-1. The van der Waals surface area contributed by atoms with E-state index in [9.17, 15) is 39.3 Å². The van der Waals surface area contributed by atoms with Gasteiger partial charge in [-0.2, -0.15) is 22.0 Å². The van der Waals surface area contributed by atoms with E-state index in [4.69, 9.17) is 0 Å². The largest absolute Gasteiger partial charge is 0.743 e. The Balaban J connectivity index is 0.000000260. The van der Waals surface area contributed by atoms with Gasteiger partial charge in [0.2, 0.25) is 0 Å². The fourth-order valence-corrected chi connectivity index (χ4v) is 4.98. The first-order valence-electron chi connectivity index (χ1n) is 9.20. The summed E-state index contributed by atoms with van der Waals surface area (Å²) in [7, 11) is -6.69. The van der Waals surface area contributed by atoms with Crippen LogP contribution in [0.2, 0.25) is 0 Å². The molecule has 0 heterocycles. The first kappa shape index (κ1) is 26.7. The summed E-state index contributed by atoms with van der Waals surface area (Å²) in [5.41, 5.74) is 1.30. The Hall–Kier alpha value is -2.50. The number of rotatable bonds is 5. The van der Waals surface area contributed by atoms with Gasteiger partial charge in [0, 0.05) is 0 Å². The van der Waals surface area contributed by atoms with Crippen molar-refractivity contribution in [3.8, 4) is 0 Å². The lowest BCUT2D eigenvalue weighted by molar-refractivity contribution is -0.223. The molecule has 0 saturated carbocycles. The zero-order chi connectivity index (χ0) is 24.9. The van der Waals surface area contributed by atoms with Crippen LogP contribution < -0.4 is 0 Å². The highest BCUT2D eigenvalue weighted by Crippen LogP contribution is 2.37. The lowest BCUT2D eigenvalue weighted by Crippen LogP contribution is -2.46. The molecule has 0 saturated heterocycles. The molecule has 0 aliphatic heterocycles. The van der Waals surface area contributed by atoms with Crippen LogP contribution in [0.25, 0.3) is 0 Å². The van der Waals surface area contributed by atoms with E-state index in [0.29, 0.717) is 0 Å². The molecule has 11 heteroatoms. The molecule has 3 rings (SSSR count). The lowest BCUT2D eigenvalue weighted by Gasteiger charge is -2.24. The Labute approximate surface area is 190 Å². The highest BCUT2D eigenvalue weighted by Gasteiger charge is 2.61. The summed E-state index contributed by atoms with van der Waals surface area (Å²) in [6.07, 6.45) is -11.1. The average Bonchev–Trinajstić information content (AvgIpc) is 2.75. The van der Waals surface area contributed by atoms with Crippen molar-refractivity contribution < 1.29 is 39.3 Å². The number of alkyl halides is 6. The molecule has 33 heavy (non-hydrogen) atoms. The molecule has 1 atom stereocenters. The molecule has 0 N–H and O–H groups in total. The molecule has 0 aliphatic rings. The molecule has 1 unspecified atom stereocenters. The van der Waals surface area contributed by atoms with Gasteiger partial charge < -0.3 is 4.55 Å². The SMILES string of the molecule is Cc1ccc([S+](c2ccccc2)c2ccccc2)cc1.O=S(=O)([O-])C(F)(F)C(F)C(F)(F)F. The third-order valence-electron chi connectivity index (χ3n) is 4.13. The number of hydrogen-bond donors (Lipinski definition) is 0. The summed E-state index contributed by atoms with van der Waals surface area (Å²) in [6, 6.07) is 30.4. The second-order valence-electron chi connectivity index (χ2n) is 6.67. The van der Waals surface area contributed by atoms with Crippen LogP contribution in [0.5, 0.6) is 0 Å². The van der Waals surface area contributed by atoms with Crippen molar-refractivity contribution in [3.63, 3.8) is 0 Å². The predicted octanol–water partition coefficient (Wildman–Crippen LogP) is 6.12. The van der Waals surface area contributed by atoms with E-state index >= 15 is 0 Å². The van der Waals surface area contributed by atoms with Crippen LogP contribution in [0, 0.1) is 6.92 Å². The predicted molar refractivity (Wildman–Crippen MR) is 112 cm³/mol. The van der Waals surface area contributed by atoms with Gasteiger partial charge in [-0.15, -0.1) is 0 Å². The van der Waals surface area contributed by atoms with Crippen molar-refractivity contribution in [2.45, 2.75) is 39.2 Å². The van der Waals surface area contributed by atoms with Gasteiger partial charge in [-0.05, 0) is 43.3 Å². The number of aryl methyl sites for hydroxylation is 1. The van der Waals surface area contributed by atoms with Crippen molar-refractivity contribution in [3.05, 3.63) is 90.5 Å². The quantitative estimate of drug-likeness (QED) is 0.237. The number of hydrogen-bond acceptors (Lipinski definition) is 3. The van der Waals surface area contributed by atoms with E-state index in [2.05, 4.69) is 91.9 Å². The van der Waals surface area contributed by atoms with E-state index in [1.165, 1.54) is 20.2 Å². The maximum Gasteiger partial charge on any atom is 0.426 e. The maximum atomic E-state index is 11.8. The maximum absolute atomic E-state index is 11.8. The van der Waals surface area contributed by atoms with E-state index in [0.717, 1.165) is 0 Å². The lowest BCUT2D eigenvalue weighted by atomic mass is 10.2. The minimum atomic E-state index is -6.66. The average molecular weight is 509 g/mol. The van der Waals surface area contributed by atoms with Gasteiger partial charge in [0.25, 0.3) is 6.17 Å². The van der Waals surface area contributed by atoms with Gasteiger partial charge in [-0.3, -0.25) is 0 Å². The van der Waals surface area contributed by atoms with Gasteiger partial charge >= 0.3 is 11.4 Å². The summed E-state index contributed by atoms with van der Waals surface area (Å²) in [4.78, 5) is 4.10. The molecule has 0 spiro atoms.